The Morgan fingerprint density at radius 3 is 3.21 bits per heavy atom. The van der Waals surface area contributed by atoms with Crippen molar-refractivity contribution >= 4 is 17.6 Å². The van der Waals surface area contributed by atoms with Crippen molar-refractivity contribution in [3.05, 3.63) is 12.2 Å². The van der Waals surface area contributed by atoms with Crippen LogP contribution in [0.4, 0.5) is 4.79 Å². The van der Waals surface area contributed by atoms with Crippen molar-refractivity contribution in [2.24, 2.45) is 15.7 Å². The highest BCUT2D eigenvalue weighted by molar-refractivity contribution is 5.95. The molecule has 2 unspecified atom stereocenters. The Balaban J connectivity index is 2.33. The van der Waals surface area contributed by atoms with Crippen molar-refractivity contribution in [2.45, 2.75) is 32.4 Å². The first-order valence-corrected chi connectivity index (χ1v) is 6.50. The van der Waals surface area contributed by atoms with Gasteiger partial charge in [-0.1, -0.05) is 12.2 Å². The maximum atomic E-state index is 11.8. The Hall–Kier alpha value is -1.69. The maximum absolute atomic E-state index is 11.8. The molecule has 1 fully saturated rings. The van der Waals surface area contributed by atoms with Crippen LogP contribution in [0.2, 0.25) is 0 Å². The fraction of sp³-hybridized carbons (Fsp3) is 0.615. The lowest BCUT2D eigenvalue weighted by Crippen LogP contribution is -2.43. The van der Waals surface area contributed by atoms with E-state index in [1.54, 1.807) is 4.90 Å². The monoisotopic (exact) mass is 264 g/mol. The number of carbonyl (C=O) groups is 1. The Labute approximate surface area is 113 Å². The summed E-state index contributed by atoms with van der Waals surface area (Å²) in [4.78, 5) is 22.4. The van der Waals surface area contributed by atoms with Crippen molar-refractivity contribution in [2.75, 3.05) is 19.7 Å². The number of aliphatic imine (C=N–C) groups is 2. The van der Waals surface area contributed by atoms with E-state index in [0.29, 0.717) is 25.5 Å². The minimum Gasteiger partial charge on any atom is -0.447 e. The molecule has 1 saturated heterocycles. The third kappa shape index (κ3) is 3.01. The minimum absolute atomic E-state index is 0.127. The first-order valence-electron chi connectivity index (χ1n) is 6.50. The molecule has 0 aromatic rings. The molecule has 2 atom stereocenters. The predicted molar refractivity (Wildman–Crippen MR) is 74.7 cm³/mol. The molecule has 0 aromatic heterocycles. The smallest absolute Gasteiger partial charge is 0.415 e. The highest BCUT2D eigenvalue weighted by Gasteiger charge is 2.39. The average Bonchev–Trinajstić information content (AvgIpc) is 2.79. The molecular weight excluding hydrogens is 244 g/mol. The highest BCUT2D eigenvalue weighted by atomic mass is 16.6. The van der Waals surface area contributed by atoms with Crippen LogP contribution in [0.1, 0.15) is 20.3 Å². The van der Waals surface area contributed by atoms with E-state index in [1.165, 1.54) is 0 Å². The zero-order valence-corrected chi connectivity index (χ0v) is 11.4. The first kappa shape index (κ1) is 13.7. The van der Waals surface area contributed by atoms with Crippen LogP contribution in [0.5, 0.6) is 0 Å². The number of carbonyl (C=O) groups excluding carboxylic acids is 1. The van der Waals surface area contributed by atoms with E-state index in [4.69, 9.17) is 10.5 Å². The van der Waals surface area contributed by atoms with Crippen molar-refractivity contribution in [1.82, 2.24) is 4.90 Å². The van der Waals surface area contributed by atoms with Crippen LogP contribution < -0.4 is 5.73 Å². The van der Waals surface area contributed by atoms with E-state index in [2.05, 4.69) is 16.1 Å². The zero-order chi connectivity index (χ0) is 13.8. The number of rotatable bonds is 2. The van der Waals surface area contributed by atoms with Gasteiger partial charge in [0.1, 0.15) is 18.5 Å². The molecule has 2 N–H and O–H groups in total. The summed E-state index contributed by atoms with van der Waals surface area (Å²) in [5.41, 5.74) is 6.46. The van der Waals surface area contributed by atoms with Crippen LogP contribution in [0.25, 0.3) is 0 Å². The third-order valence-electron chi connectivity index (χ3n) is 3.28. The number of cyclic esters (lactones) is 1. The second-order valence-electron chi connectivity index (χ2n) is 4.72. The molecule has 0 radical (unpaired) electrons. The summed E-state index contributed by atoms with van der Waals surface area (Å²) in [5, 5.41) is 0. The standard InChI is InChI=1S/C13H20N4O2/c1-9(7-14)16-11-5-3-4-6-15-10(2)17-12(11)8-19-13(17)18/h3,5,11-12H,4,6-8,14H2,1-2H3. The molecule has 0 spiro atoms. The Kier molecular flexibility index (Phi) is 4.31. The molecule has 0 bridgehead atoms. The van der Waals surface area contributed by atoms with E-state index < -0.39 is 0 Å². The fourth-order valence-corrected chi connectivity index (χ4v) is 2.24. The van der Waals surface area contributed by atoms with Gasteiger partial charge in [-0.05, 0) is 20.3 Å². The second kappa shape index (κ2) is 5.97. The molecule has 104 valence electrons. The second-order valence-corrected chi connectivity index (χ2v) is 4.72. The molecule has 0 saturated carbocycles. The number of amidine groups is 1. The number of ether oxygens (including phenoxy) is 1. The number of hydrogen-bond donors (Lipinski definition) is 1. The van der Waals surface area contributed by atoms with Crippen LogP contribution in [-0.2, 0) is 4.74 Å². The molecule has 2 heterocycles. The topological polar surface area (TPSA) is 80.3 Å². The van der Waals surface area contributed by atoms with Crippen LogP contribution in [0.3, 0.4) is 0 Å². The molecule has 0 aromatic carbocycles. The molecule has 2 aliphatic heterocycles. The lowest BCUT2D eigenvalue weighted by Gasteiger charge is -2.24. The molecular formula is C13H20N4O2. The molecule has 2 aliphatic rings. The van der Waals surface area contributed by atoms with Crippen LogP contribution in [0, 0.1) is 0 Å². The number of fused-ring (bicyclic) bond motifs is 1. The van der Waals surface area contributed by atoms with Gasteiger partial charge in [-0.3, -0.25) is 14.9 Å². The van der Waals surface area contributed by atoms with Gasteiger partial charge < -0.3 is 10.5 Å². The van der Waals surface area contributed by atoms with E-state index in [0.717, 1.165) is 12.1 Å². The summed E-state index contributed by atoms with van der Waals surface area (Å²) in [6, 6.07) is -0.259. The third-order valence-corrected chi connectivity index (χ3v) is 3.28. The molecule has 19 heavy (non-hydrogen) atoms. The summed E-state index contributed by atoms with van der Waals surface area (Å²) in [7, 11) is 0. The summed E-state index contributed by atoms with van der Waals surface area (Å²) in [6.07, 6.45) is 4.58. The quantitative estimate of drug-likeness (QED) is 0.596. The van der Waals surface area contributed by atoms with Crippen LogP contribution >= 0.6 is 0 Å². The summed E-state index contributed by atoms with van der Waals surface area (Å²) < 4.78 is 5.14. The molecule has 6 nitrogen and oxygen atoms in total. The Morgan fingerprint density at radius 2 is 2.47 bits per heavy atom. The van der Waals surface area contributed by atoms with Gasteiger partial charge in [-0.2, -0.15) is 0 Å². The van der Waals surface area contributed by atoms with Crippen LogP contribution in [0.15, 0.2) is 22.1 Å². The molecule has 6 heteroatoms. The van der Waals surface area contributed by atoms with E-state index in [-0.39, 0.29) is 18.2 Å². The lowest BCUT2D eigenvalue weighted by atomic mass is 10.1. The number of nitrogens with two attached hydrogens (primary N) is 1. The van der Waals surface area contributed by atoms with Gasteiger partial charge in [-0.15, -0.1) is 0 Å². The van der Waals surface area contributed by atoms with Crippen molar-refractivity contribution < 1.29 is 9.53 Å². The summed E-state index contributed by atoms with van der Waals surface area (Å²) in [6.45, 7) is 5.15. The van der Waals surface area contributed by atoms with E-state index in [9.17, 15) is 4.79 Å². The number of amides is 1. The molecule has 0 aliphatic carbocycles. The largest absolute Gasteiger partial charge is 0.447 e. The molecule has 2 rings (SSSR count). The van der Waals surface area contributed by atoms with Gasteiger partial charge >= 0.3 is 6.09 Å². The zero-order valence-electron chi connectivity index (χ0n) is 11.4. The lowest BCUT2D eigenvalue weighted by molar-refractivity contribution is 0.168. The SMILES string of the molecule is CC(CN)=NC1C=CCCN=C(C)N2C(=O)OCC12. The van der Waals surface area contributed by atoms with Gasteiger partial charge in [0, 0.05) is 18.8 Å². The van der Waals surface area contributed by atoms with Gasteiger partial charge in [0.2, 0.25) is 0 Å². The van der Waals surface area contributed by atoms with Crippen LogP contribution in [-0.4, -0.2) is 54.3 Å². The maximum Gasteiger partial charge on any atom is 0.415 e. The average molecular weight is 264 g/mol. The highest BCUT2D eigenvalue weighted by Crippen LogP contribution is 2.21. The van der Waals surface area contributed by atoms with E-state index >= 15 is 0 Å². The Bertz CT molecular complexity index is 442. The van der Waals surface area contributed by atoms with Gasteiger partial charge in [0.05, 0.1) is 6.04 Å². The predicted octanol–water partition coefficient (Wildman–Crippen LogP) is 0.974. The van der Waals surface area contributed by atoms with Crippen molar-refractivity contribution in [3.8, 4) is 0 Å². The van der Waals surface area contributed by atoms with E-state index in [1.807, 2.05) is 19.9 Å². The van der Waals surface area contributed by atoms with Crippen molar-refractivity contribution in [1.29, 1.82) is 0 Å². The minimum atomic E-state index is -0.341. The fourth-order valence-electron chi connectivity index (χ4n) is 2.24. The first-order chi connectivity index (χ1) is 9.13. The summed E-state index contributed by atoms with van der Waals surface area (Å²) >= 11 is 0. The van der Waals surface area contributed by atoms with Gasteiger partial charge in [-0.25, -0.2) is 4.79 Å². The number of hydrogen-bond acceptors (Lipinski definition) is 5. The normalized spacial score (nSPS) is 28.2. The van der Waals surface area contributed by atoms with Crippen molar-refractivity contribution in [3.63, 3.8) is 0 Å². The molecule has 1 amide bonds. The van der Waals surface area contributed by atoms with Gasteiger partial charge in [0.15, 0.2) is 0 Å². The Morgan fingerprint density at radius 1 is 1.68 bits per heavy atom. The summed E-state index contributed by atoms with van der Waals surface area (Å²) in [5.74, 6) is 0.696. The van der Waals surface area contributed by atoms with Gasteiger partial charge in [0.25, 0.3) is 0 Å². The number of nitrogens with zero attached hydrogens (tertiary/aromatic N) is 3.